The first-order valence-electron chi connectivity index (χ1n) is 8.88. The van der Waals surface area contributed by atoms with Crippen LogP contribution in [0.2, 0.25) is 0 Å². The molecule has 0 aliphatic heterocycles. The van der Waals surface area contributed by atoms with Crippen molar-refractivity contribution in [1.82, 2.24) is 0 Å². The van der Waals surface area contributed by atoms with Crippen LogP contribution in [0.3, 0.4) is 0 Å². The van der Waals surface area contributed by atoms with Gasteiger partial charge in [0.2, 0.25) is 0 Å². The molecule has 0 aliphatic rings. The predicted octanol–water partition coefficient (Wildman–Crippen LogP) is 7.13. The van der Waals surface area contributed by atoms with E-state index in [1.54, 1.807) is 0 Å². The second-order valence-electron chi connectivity index (χ2n) is 9.14. The zero-order valence-electron chi connectivity index (χ0n) is 16.6. The topological polar surface area (TPSA) is 0 Å². The van der Waals surface area contributed by atoms with E-state index in [-0.39, 0.29) is 37.0 Å². The van der Waals surface area contributed by atoms with Gasteiger partial charge in [-0.2, -0.15) is 6.07 Å². The van der Waals surface area contributed by atoms with Gasteiger partial charge in [0.15, 0.2) is 0 Å². The molecule has 0 bridgehead atoms. The summed E-state index contributed by atoms with van der Waals surface area (Å²) < 4.78 is 0. The number of aryl methyl sites for hydroxylation is 1. The molecule has 0 saturated carbocycles. The molecule has 0 spiro atoms. The zero-order valence-corrected chi connectivity index (χ0v) is 19.1. The smallest absolute Gasteiger partial charge is 0 e. The van der Waals surface area contributed by atoms with Gasteiger partial charge in [0.05, 0.1) is 0 Å². The summed E-state index contributed by atoms with van der Waals surface area (Å²) in [6.07, 6.45) is 0. The minimum Gasteiger partial charge on any atom is -0.165 e. The Morgan fingerprint density at radius 1 is 0.760 bits per heavy atom. The molecule has 0 radical (unpaired) electrons. The Morgan fingerprint density at radius 2 is 1.32 bits per heavy atom. The average molecular weight is 409 g/mol. The summed E-state index contributed by atoms with van der Waals surface area (Å²) >= 11 is 0. The van der Waals surface area contributed by atoms with Crippen molar-refractivity contribution in [2.24, 2.45) is 0 Å². The van der Waals surface area contributed by atoms with Gasteiger partial charge in [0.25, 0.3) is 0 Å². The van der Waals surface area contributed by atoms with Crippen molar-refractivity contribution in [1.29, 1.82) is 0 Å². The normalized spacial score (nSPS) is 12.3. The number of rotatable bonds is 1. The largest absolute Gasteiger partial charge is 0.165 e. The zero-order chi connectivity index (χ0) is 17.7. The molecule has 130 valence electrons. The van der Waals surface area contributed by atoms with Crippen LogP contribution >= 0.6 is 0 Å². The second kappa shape index (κ2) is 6.92. The minimum atomic E-state index is 0. The van der Waals surface area contributed by atoms with Gasteiger partial charge in [-0.15, -0.1) is 34.5 Å². The molecular formula is C24H29Zr-. The fourth-order valence-electron chi connectivity index (χ4n) is 3.29. The maximum absolute atomic E-state index is 2.39. The molecular weight excluding hydrogens is 379 g/mol. The van der Waals surface area contributed by atoms with Crippen LogP contribution < -0.4 is 0 Å². The summed E-state index contributed by atoms with van der Waals surface area (Å²) in [6, 6.07) is 18.4. The van der Waals surface area contributed by atoms with E-state index >= 15 is 0 Å². The van der Waals surface area contributed by atoms with Crippen LogP contribution in [0.5, 0.6) is 0 Å². The van der Waals surface area contributed by atoms with E-state index in [2.05, 4.69) is 97.0 Å². The molecule has 0 aliphatic carbocycles. The molecule has 0 fully saturated rings. The van der Waals surface area contributed by atoms with Crippen molar-refractivity contribution >= 4 is 10.8 Å². The summed E-state index contributed by atoms with van der Waals surface area (Å²) in [6.45, 7) is 16.0. The van der Waals surface area contributed by atoms with E-state index in [4.69, 9.17) is 0 Å². The summed E-state index contributed by atoms with van der Waals surface area (Å²) in [5.74, 6) is 0. The van der Waals surface area contributed by atoms with Crippen LogP contribution in [0, 0.1) is 6.92 Å². The Hall–Kier alpha value is -1.07. The van der Waals surface area contributed by atoms with Crippen LogP contribution in [0.1, 0.15) is 58.2 Å². The third kappa shape index (κ3) is 4.20. The van der Waals surface area contributed by atoms with Crippen molar-refractivity contribution < 1.29 is 26.2 Å². The van der Waals surface area contributed by atoms with E-state index in [0.717, 1.165) is 0 Å². The maximum atomic E-state index is 2.39. The van der Waals surface area contributed by atoms with Crippen molar-refractivity contribution in [2.75, 3.05) is 0 Å². The Bertz CT molecular complexity index is 850. The van der Waals surface area contributed by atoms with E-state index < -0.39 is 0 Å². The third-order valence-corrected chi connectivity index (χ3v) is 4.87. The molecule has 0 aromatic heterocycles. The first kappa shape index (κ1) is 20.2. The number of benzene rings is 2. The standard InChI is InChI=1S/C24H29.Zr/c1-16-11-17-9-8-10-21(22(17)12-16)18-13-19(23(2,3)4)15-20(14-18)24(5,6)7;/h8-15H,1-7H3;/q-1;. The Kier molecular flexibility index (Phi) is 5.60. The molecule has 3 rings (SSSR count). The van der Waals surface area contributed by atoms with Gasteiger partial charge >= 0.3 is 0 Å². The fourth-order valence-corrected chi connectivity index (χ4v) is 3.29. The fraction of sp³-hybridized carbons (Fsp3) is 0.375. The Labute approximate surface area is 172 Å². The first-order valence-corrected chi connectivity index (χ1v) is 8.88. The molecule has 0 heterocycles. The van der Waals surface area contributed by atoms with Gasteiger partial charge in [-0.25, -0.2) is 0 Å². The van der Waals surface area contributed by atoms with Crippen LogP contribution in [0.25, 0.3) is 21.9 Å². The van der Waals surface area contributed by atoms with Gasteiger partial charge in [-0.3, -0.25) is 0 Å². The van der Waals surface area contributed by atoms with E-state index in [1.807, 2.05) is 0 Å². The Morgan fingerprint density at radius 3 is 1.84 bits per heavy atom. The third-order valence-electron chi connectivity index (χ3n) is 4.87. The SMILES string of the molecule is Cc1cc2c(-c3cc(C(C)(C)C)cc(C(C)(C)C)c3)cccc2[cH-]1.[Zr]. The summed E-state index contributed by atoms with van der Waals surface area (Å²) in [5, 5.41) is 2.70. The molecule has 3 aromatic rings. The summed E-state index contributed by atoms with van der Waals surface area (Å²) in [7, 11) is 0. The van der Waals surface area contributed by atoms with E-state index in [1.165, 1.54) is 38.6 Å². The van der Waals surface area contributed by atoms with Crippen LogP contribution in [-0.4, -0.2) is 0 Å². The van der Waals surface area contributed by atoms with Gasteiger partial charge in [-0.05, 0) is 27.5 Å². The van der Waals surface area contributed by atoms with Crippen LogP contribution in [0.15, 0.2) is 48.5 Å². The monoisotopic (exact) mass is 407 g/mol. The minimum absolute atomic E-state index is 0. The van der Waals surface area contributed by atoms with Crippen molar-refractivity contribution in [3.8, 4) is 11.1 Å². The molecule has 0 amide bonds. The molecule has 0 nitrogen and oxygen atoms in total. The molecule has 25 heavy (non-hydrogen) atoms. The summed E-state index contributed by atoms with van der Waals surface area (Å²) in [5.41, 5.74) is 7.12. The average Bonchev–Trinajstić information content (AvgIpc) is 2.84. The van der Waals surface area contributed by atoms with Crippen LogP contribution in [0.4, 0.5) is 0 Å². The van der Waals surface area contributed by atoms with Gasteiger partial charge in [-0.1, -0.05) is 78.3 Å². The first-order chi connectivity index (χ1) is 11.1. The van der Waals surface area contributed by atoms with Crippen molar-refractivity contribution in [3.63, 3.8) is 0 Å². The molecule has 0 atom stereocenters. The van der Waals surface area contributed by atoms with E-state index in [0.29, 0.717) is 0 Å². The Balaban J connectivity index is 0.00000225. The summed E-state index contributed by atoms with van der Waals surface area (Å²) in [4.78, 5) is 0. The molecule has 0 saturated heterocycles. The molecule has 1 heteroatoms. The van der Waals surface area contributed by atoms with Gasteiger partial charge < -0.3 is 0 Å². The number of fused-ring (bicyclic) bond motifs is 1. The van der Waals surface area contributed by atoms with Gasteiger partial charge in [0.1, 0.15) is 0 Å². The van der Waals surface area contributed by atoms with Crippen LogP contribution in [-0.2, 0) is 37.0 Å². The van der Waals surface area contributed by atoms with Crippen molar-refractivity contribution in [2.45, 2.75) is 59.3 Å². The maximum Gasteiger partial charge on any atom is 0 e. The molecule has 0 unspecified atom stereocenters. The molecule has 0 N–H and O–H groups in total. The molecule has 3 aromatic carbocycles. The number of hydrogen-bond donors (Lipinski definition) is 0. The van der Waals surface area contributed by atoms with Gasteiger partial charge in [0, 0.05) is 26.2 Å². The van der Waals surface area contributed by atoms with E-state index in [9.17, 15) is 0 Å². The number of hydrogen-bond acceptors (Lipinski definition) is 0. The van der Waals surface area contributed by atoms with Crippen molar-refractivity contribution in [3.05, 3.63) is 65.2 Å². The quantitative estimate of drug-likeness (QED) is 0.376. The second-order valence-corrected chi connectivity index (χ2v) is 9.14. The predicted molar refractivity (Wildman–Crippen MR) is 107 cm³/mol.